The molecule has 0 saturated carbocycles. The van der Waals surface area contributed by atoms with E-state index in [0.29, 0.717) is 13.2 Å². The van der Waals surface area contributed by atoms with Crippen LogP contribution in [-0.4, -0.2) is 20.3 Å². The number of hydrogen-bond donors (Lipinski definition) is 1. The lowest BCUT2D eigenvalue weighted by atomic mass is 9.88. The van der Waals surface area contributed by atoms with Crippen molar-refractivity contribution in [2.45, 2.75) is 13.3 Å². The largest absolute Gasteiger partial charge is 0.493 e. The molecule has 1 aromatic carbocycles. The predicted octanol–water partition coefficient (Wildman–Crippen LogP) is 2.62. The predicted molar refractivity (Wildman–Crippen MR) is 70.5 cm³/mol. The molecule has 17 heavy (non-hydrogen) atoms. The summed E-state index contributed by atoms with van der Waals surface area (Å²) in [6, 6.07) is 7.62. The van der Waals surface area contributed by atoms with Gasteiger partial charge in [-0.2, -0.15) is 0 Å². The molecule has 0 bridgehead atoms. The summed E-state index contributed by atoms with van der Waals surface area (Å²) in [5.74, 6) is 1.51. The Hall–Kier alpha value is -1.48. The summed E-state index contributed by atoms with van der Waals surface area (Å²) in [6.45, 7) is 7.05. The van der Waals surface area contributed by atoms with E-state index in [0.717, 1.165) is 17.9 Å². The fourth-order valence-corrected chi connectivity index (χ4v) is 1.42. The summed E-state index contributed by atoms with van der Waals surface area (Å²) >= 11 is 0. The average Bonchev–Trinajstić information content (AvgIpc) is 2.39. The van der Waals surface area contributed by atoms with E-state index < -0.39 is 0 Å². The molecule has 0 saturated heterocycles. The quantitative estimate of drug-likeness (QED) is 0.739. The van der Waals surface area contributed by atoms with Crippen LogP contribution in [0.3, 0.4) is 0 Å². The molecule has 1 atom stereocenters. The number of para-hydroxylation sites is 2. The van der Waals surface area contributed by atoms with Crippen molar-refractivity contribution in [1.29, 1.82) is 0 Å². The summed E-state index contributed by atoms with van der Waals surface area (Å²) in [5, 5.41) is 0. The molecular weight excluding hydrogens is 214 g/mol. The first-order valence-electron chi connectivity index (χ1n) is 5.74. The van der Waals surface area contributed by atoms with E-state index >= 15 is 0 Å². The minimum absolute atomic E-state index is 0.0674. The Bertz CT molecular complexity index is 365. The Kier molecular flexibility index (Phi) is 5.04. The van der Waals surface area contributed by atoms with Crippen LogP contribution in [0.2, 0.25) is 0 Å². The van der Waals surface area contributed by atoms with Crippen molar-refractivity contribution in [2.75, 3.05) is 20.3 Å². The van der Waals surface area contributed by atoms with E-state index in [9.17, 15) is 0 Å². The van der Waals surface area contributed by atoms with Gasteiger partial charge in [0.2, 0.25) is 0 Å². The standard InChI is InChI=1S/C14H21NO2/c1-4-14(2,11-15)9-10-17-13-8-6-5-7-12(13)16-3/h4-8H,1,9-11,15H2,2-3H3. The smallest absolute Gasteiger partial charge is 0.161 e. The van der Waals surface area contributed by atoms with Gasteiger partial charge in [-0.3, -0.25) is 0 Å². The van der Waals surface area contributed by atoms with E-state index in [1.54, 1.807) is 7.11 Å². The van der Waals surface area contributed by atoms with Crippen molar-refractivity contribution < 1.29 is 9.47 Å². The van der Waals surface area contributed by atoms with Crippen molar-refractivity contribution in [2.24, 2.45) is 11.1 Å². The third-order valence-electron chi connectivity index (χ3n) is 2.96. The molecule has 0 spiro atoms. The van der Waals surface area contributed by atoms with Crippen LogP contribution in [0.5, 0.6) is 11.5 Å². The zero-order valence-corrected chi connectivity index (χ0v) is 10.6. The highest BCUT2D eigenvalue weighted by Gasteiger charge is 2.18. The van der Waals surface area contributed by atoms with Crippen LogP contribution in [0, 0.1) is 5.41 Å². The minimum atomic E-state index is -0.0674. The first kappa shape index (κ1) is 13.6. The zero-order valence-electron chi connectivity index (χ0n) is 10.6. The molecule has 0 radical (unpaired) electrons. The summed E-state index contributed by atoms with van der Waals surface area (Å²) < 4.78 is 10.9. The fraction of sp³-hybridized carbons (Fsp3) is 0.429. The van der Waals surface area contributed by atoms with E-state index in [-0.39, 0.29) is 5.41 Å². The summed E-state index contributed by atoms with van der Waals surface area (Å²) in [7, 11) is 1.63. The van der Waals surface area contributed by atoms with Crippen molar-refractivity contribution >= 4 is 0 Å². The molecule has 0 heterocycles. The van der Waals surface area contributed by atoms with Crippen molar-refractivity contribution in [3.8, 4) is 11.5 Å². The highest BCUT2D eigenvalue weighted by Crippen LogP contribution is 2.27. The topological polar surface area (TPSA) is 44.5 Å². The molecule has 3 nitrogen and oxygen atoms in total. The van der Waals surface area contributed by atoms with Gasteiger partial charge < -0.3 is 15.2 Å². The third-order valence-corrected chi connectivity index (χ3v) is 2.96. The molecule has 94 valence electrons. The minimum Gasteiger partial charge on any atom is -0.493 e. The van der Waals surface area contributed by atoms with Gasteiger partial charge in [0.05, 0.1) is 13.7 Å². The van der Waals surface area contributed by atoms with Crippen molar-refractivity contribution in [3.63, 3.8) is 0 Å². The fourth-order valence-electron chi connectivity index (χ4n) is 1.42. The van der Waals surface area contributed by atoms with Crippen LogP contribution in [0.15, 0.2) is 36.9 Å². The SMILES string of the molecule is C=CC(C)(CN)CCOc1ccccc1OC. The molecule has 0 aromatic heterocycles. The molecule has 0 amide bonds. The van der Waals surface area contributed by atoms with Crippen LogP contribution in [0.4, 0.5) is 0 Å². The van der Waals surface area contributed by atoms with Gasteiger partial charge in [-0.15, -0.1) is 6.58 Å². The highest BCUT2D eigenvalue weighted by atomic mass is 16.5. The van der Waals surface area contributed by atoms with Crippen LogP contribution in [0.1, 0.15) is 13.3 Å². The number of rotatable bonds is 7. The number of benzene rings is 1. The van der Waals surface area contributed by atoms with Gasteiger partial charge in [-0.1, -0.05) is 25.1 Å². The molecule has 0 fully saturated rings. The maximum absolute atomic E-state index is 5.70. The molecule has 0 aliphatic heterocycles. The highest BCUT2D eigenvalue weighted by molar-refractivity contribution is 5.39. The third kappa shape index (κ3) is 3.79. The molecule has 1 rings (SSSR count). The van der Waals surface area contributed by atoms with E-state index in [2.05, 4.69) is 13.5 Å². The summed E-state index contributed by atoms with van der Waals surface area (Å²) in [6.07, 6.45) is 2.73. The lowest BCUT2D eigenvalue weighted by Crippen LogP contribution is -2.26. The lowest BCUT2D eigenvalue weighted by Gasteiger charge is -2.23. The Labute approximate surface area is 103 Å². The molecule has 2 N–H and O–H groups in total. The van der Waals surface area contributed by atoms with Crippen LogP contribution < -0.4 is 15.2 Å². The first-order valence-corrected chi connectivity index (χ1v) is 5.74. The van der Waals surface area contributed by atoms with E-state index in [1.165, 1.54) is 0 Å². The summed E-state index contributed by atoms with van der Waals surface area (Å²) in [4.78, 5) is 0. The number of hydrogen-bond acceptors (Lipinski definition) is 3. The Morgan fingerprint density at radius 2 is 2.00 bits per heavy atom. The second-order valence-corrected chi connectivity index (χ2v) is 4.31. The normalized spacial score (nSPS) is 13.8. The second-order valence-electron chi connectivity index (χ2n) is 4.31. The van der Waals surface area contributed by atoms with E-state index in [4.69, 9.17) is 15.2 Å². The molecule has 0 aliphatic carbocycles. The van der Waals surface area contributed by atoms with E-state index in [1.807, 2.05) is 30.3 Å². The molecule has 1 aromatic rings. The van der Waals surface area contributed by atoms with Gasteiger partial charge in [-0.05, 0) is 18.6 Å². The number of nitrogens with two attached hydrogens (primary N) is 1. The number of methoxy groups -OCH3 is 1. The molecule has 0 aliphatic rings. The monoisotopic (exact) mass is 235 g/mol. The maximum Gasteiger partial charge on any atom is 0.161 e. The van der Waals surface area contributed by atoms with Crippen LogP contribution in [-0.2, 0) is 0 Å². The Morgan fingerprint density at radius 3 is 2.53 bits per heavy atom. The lowest BCUT2D eigenvalue weighted by molar-refractivity contribution is 0.243. The zero-order chi connectivity index (χ0) is 12.7. The Balaban J connectivity index is 2.53. The van der Waals surface area contributed by atoms with Crippen molar-refractivity contribution in [1.82, 2.24) is 0 Å². The number of ether oxygens (including phenoxy) is 2. The van der Waals surface area contributed by atoms with Gasteiger partial charge in [0.25, 0.3) is 0 Å². The molecular formula is C14H21NO2. The average molecular weight is 235 g/mol. The van der Waals surface area contributed by atoms with Gasteiger partial charge in [-0.25, -0.2) is 0 Å². The second kappa shape index (κ2) is 6.30. The Morgan fingerprint density at radius 1 is 1.35 bits per heavy atom. The van der Waals surface area contributed by atoms with Gasteiger partial charge in [0.1, 0.15) is 0 Å². The van der Waals surface area contributed by atoms with Gasteiger partial charge in [0.15, 0.2) is 11.5 Å². The maximum atomic E-state index is 5.70. The van der Waals surface area contributed by atoms with Gasteiger partial charge in [0, 0.05) is 12.0 Å². The van der Waals surface area contributed by atoms with Crippen molar-refractivity contribution in [3.05, 3.63) is 36.9 Å². The van der Waals surface area contributed by atoms with Crippen LogP contribution >= 0.6 is 0 Å². The van der Waals surface area contributed by atoms with Crippen LogP contribution in [0.25, 0.3) is 0 Å². The van der Waals surface area contributed by atoms with Gasteiger partial charge >= 0.3 is 0 Å². The summed E-state index contributed by atoms with van der Waals surface area (Å²) in [5.41, 5.74) is 5.63. The molecule has 1 unspecified atom stereocenters. The first-order chi connectivity index (χ1) is 8.15. The molecule has 3 heteroatoms.